The summed E-state index contributed by atoms with van der Waals surface area (Å²) in [7, 11) is 0. The topological polar surface area (TPSA) is 114 Å². The molecule has 3 amide bonds. The highest BCUT2D eigenvalue weighted by atomic mass is 16.7. The Morgan fingerprint density at radius 1 is 1.33 bits per heavy atom. The molecule has 1 aromatic carbocycles. The molecular formula is C19H24N4O4. The molecule has 27 heavy (non-hydrogen) atoms. The summed E-state index contributed by atoms with van der Waals surface area (Å²) in [4.78, 5) is 42.8. The van der Waals surface area contributed by atoms with Crippen molar-refractivity contribution in [3.05, 3.63) is 29.8 Å². The average molecular weight is 372 g/mol. The van der Waals surface area contributed by atoms with Crippen LogP contribution in [0.5, 0.6) is 0 Å². The van der Waals surface area contributed by atoms with E-state index in [1.54, 1.807) is 13.8 Å². The van der Waals surface area contributed by atoms with Crippen molar-refractivity contribution in [2.45, 2.75) is 51.2 Å². The minimum atomic E-state index is -0.734. The number of amides is 3. The van der Waals surface area contributed by atoms with Crippen LogP contribution in [-0.2, 0) is 19.2 Å². The molecule has 0 saturated carbocycles. The molecule has 1 fully saturated rings. The van der Waals surface area contributed by atoms with E-state index < -0.39 is 17.6 Å². The molecule has 2 aliphatic heterocycles. The molecule has 0 bridgehead atoms. The average Bonchev–Trinajstić information content (AvgIpc) is 3.25. The number of carbonyl (C=O) groups is 3. The number of likely N-dealkylation sites (tertiary alicyclic amines) is 1. The minimum absolute atomic E-state index is 0.0676. The van der Waals surface area contributed by atoms with Crippen LogP contribution in [0.4, 0.5) is 5.69 Å². The van der Waals surface area contributed by atoms with Crippen LogP contribution >= 0.6 is 0 Å². The van der Waals surface area contributed by atoms with Crippen LogP contribution in [0.3, 0.4) is 0 Å². The lowest BCUT2D eigenvalue weighted by molar-refractivity contribution is -0.137. The van der Waals surface area contributed by atoms with Crippen molar-refractivity contribution in [2.75, 3.05) is 11.9 Å². The van der Waals surface area contributed by atoms with Crippen LogP contribution in [0, 0.1) is 0 Å². The summed E-state index contributed by atoms with van der Waals surface area (Å²) >= 11 is 0. The summed E-state index contributed by atoms with van der Waals surface area (Å²) < 4.78 is 0. The van der Waals surface area contributed by atoms with Crippen molar-refractivity contribution in [3.8, 4) is 0 Å². The van der Waals surface area contributed by atoms with Gasteiger partial charge in [0.1, 0.15) is 6.04 Å². The Kier molecular flexibility index (Phi) is 5.16. The first-order valence-electron chi connectivity index (χ1n) is 9.11. The standard InChI is InChI=1S/C19H24N4O4/c1-3-16(24)21-13-7-5-6-12(8-13)14-9-19(27-22-14)10-15(18(20)26)23(11-19)17(25)4-2/h5-8,15H,3-4,9-11H2,1-2H3,(H2,20,26)(H,21,24). The van der Waals surface area contributed by atoms with Crippen LogP contribution in [0.1, 0.15) is 45.1 Å². The van der Waals surface area contributed by atoms with Gasteiger partial charge in [-0.2, -0.15) is 0 Å². The fraction of sp³-hybridized carbons (Fsp3) is 0.474. The third kappa shape index (κ3) is 3.79. The van der Waals surface area contributed by atoms with Crippen LogP contribution < -0.4 is 11.1 Å². The number of carbonyl (C=O) groups excluding carboxylic acids is 3. The lowest BCUT2D eigenvalue weighted by Crippen LogP contribution is -2.43. The Balaban J connectivity index is 1.76. The number of anilines is 1. The molecule has 2 unspecified atom stereocenters. The third-order valence-electron chi connectivity index (χ3n) is 4.99. The molecule has 0 aromatic heterocycles. The molecule has 3 rings (SSSR count). The van der Waals surface area contributed by atoms with Gasteiger partial charge in [0.15, 0.2) is 5.60 Å². The smallest absolute Gasteiger partial charge is 0.240 e. The monoisotopic (exact) mass is 372 g/mol. The van der Waals surface area contributed by atoms with E-state index in [9.17, 15) is 14.4 Å². The number of primary amides is 1. The molecule has 2 aliphatic rings. The maximum Gasteiger partial charge on any atom is 0.240 e. The maximum atomic E-state index is 12.2. The lowest BCUT2D eigenvalue weighted by Gasteiger charge is -2.22. The van der Waals surface area contributed by atoms with Crippen molar-refractivity contribution in [1.29, 1.82) is 0 Å². The first-order valence-corrected chi connectivity index (χ1v) is 9.11. The molecular weight excluding hydrogens is 348 g/mol. The van der Waals surface area contributed by atoms with Gasteiger partial charge in [0.2, 0.25) is 17.7 Å². The summed E-state index contributed by atoms with van der Waals surface area (Å²) in [6.07, 6.45) is 1.49. The predicted octanol–water partition coefficient (Wildman–Crippen LogP) is 1.39. The second-order valence-electron chi connectivity index (χ2n) is 6.97. The van der Waals surface area contributed by atoms with E-state index in [0.717, 1.165) is 11.3 Å². The molecule has 1 aromatic rings. The van der Waals surface area contributed by atoms with Gasteiger partial charge in [-0.25, -0.2) is 0 Å². The Labute approximate surface area is 157 Å². The third-order valence-corrected chi connectivity index (χ3v) is 4.99. The highest BCUT2D eigenvalue weighted by Crippen LogP contribution is 2.39. The van der Waals surface area contributed by atoms with Gasteiger partial charge in [0.05, 0.1) is 12.3 Å². The van der Waals surface area contributed by atoms with Gasteiger partial charge in [-0.15, -0.1) is 0 Å². The second-order valence-corrected chi connectivity index (χ2v) is 6.97. The quantitative estimate of drug-likeness (QED) is 0.813. The van der Waals surface area contributed by atoms with Crippen LogP contribution in [0.25, 0.3) is 0 Å². The summed E-state index contributed by atoms with van der Waals surface area (Å²) in [5.74, 6) is -0.728. The van der Waals surface area contributed by atoms with Gasteiger partial charge >= 0.3 is 0 Å². The van der Waals surface area contributed by atoms with Crippen LogP contribution in [0.2, 0.25) is 0 Å². The first-order chi connectivity index (χ1) is 12.9. The van der Waals surface area contributed by atoms with E-state index in [2.05, 4.69) is 10.5 Å². The van der Waals surface area contributed by atoms with Crippen molar-refractivity contribution in [1.82, 2.24) is 4.90 Å². The van der Waals surface area contributed by atoms with Crippen molar-refractivity contribution in [2.24, 2.45) is 10.9 Å². The zero-order valence-electron chi connectivity index (χ0n) is 15.5. The normalized spacial score (nSPS) is 23.9. The molecule has 2 heterocycles. The molecule has 0 radical (unpaired) electrons. The number of nitrogens with one attached hydrogen (secondary N) is 1. The summed E-state index contributed by atoms with van der Waals surface area (Å²) in [6, 6.07) is 6.69. The van der Waals surface area contributed by atoms with Crippen LogP contribution in [0.15, 0.2) is 29.4 Å². The Bertz CT molecular complexity index is 807. The van der Waals surface area contributed by atoms with Crippen molar-refractivity contribution < 1.29 is 19.2 Å². The zero-order chi connectivity index (χ0) is 19.6. The minimum Gasteiger partial charge on any atom is -0.387 e. The van der Waals surface area contributed by atoms with Gasteiger partial charge in [0, 0.05) is 36.9 Å². The van der Waals surface area contributed by atoms with Crippen LogP contribution in [-0.4, -0.2) is 46.5 Å². The zero-order valence-corrected chi connectivity index (χ0v) is 15.5. The number of nitrogens with zero attached hydrogens (tertiary/aromatic N) is 2. The number of hydrogen-bond acceptors (Lipinski definition) is 5. The predicted molar refractivity (Wildman–Crippen MR) is 99.9 cm³/mol. The molecule has 144 valence electrons. The number of nitrogens with two attached hydrogens (primary N) is 1. The fourth-order valence-electron chi connectivity index (χ4n) is 3.56. The molecule has 1 saturated heterocycles. The van der Waals surface area contributed by atoms with E-state index in [1.165, 1.54) is 4.90 Å². The molecule has 3 N–H and O–H groups in total. The highest BCUT2D eigenvalue weighted by molar-refractivity contribution is 6.03. The molecule has 8 nitrogen and oxygen atoms in total. The maximum absolute atomic E-state index is 12.2. The number of rotatable bonds is 5. The van der Waals surface area contributed by atoms with E-state index in [1.807, 2.05) is 24.3 Å². The molecule has 2 atom stereocenters. The number of oxime groups is 1. The largest absolute Gasteiger partial charge is 0.387 e. The number of benzene rings is 1. The summed E-state index contributed by atoms with van der Waals surface area (Å²) in [6.45, 7) is 3.82. The van der Waals surface area contributed by atoms with Gasteiger partial charge in [-0.1, -0.05) is 31.1 Å². The Morgan fingerprint density at radius 2 is 2.11 bits per heavy atom. The summed E-state index contributed by atoms with van der Waals surface area (Å²) in [5.41, 5.74) is 6.99. The lowest BCUT2D eigenvalue weighted by atomic mass is 9.91. The first kappa shape index (κ1) is 18.9. The van der Waals surface area contributed by atoms with Gasteiger partial charge in [0.25, 0.3) is 0 Å². The van der Waals surface area contributed by atoms with E-state index >= 15 is 0 Å². The Hall–Kier alpha value is -2.90. The van der Waals surface area contributed by atoms with E-state index in [0.29, 0.717) is 31.4 Å². The second kappa shape index (κ2) is 7.38. The van der Waals surface area contributed by atoms with E-state index in [-0.39, 0.29) is 18.4 Å². The van der Waals surface area contributed by atoms with Crippen molar-refractivity contribution in [3.63, 3.8) is 0 Å². The molecule has 1 spiro atoms. The number of hydrogen-bond donors (Lipinski definition) is 2. The summed E-state index contributed by atoms with van der Waals surface area (Å²) in [5, 5.41) is 7.03. The molecule has 0 aliphatic carbocycles. The van der Waals surface area contributed by atoms with Gasteiger partial charge in [-0.05, 0) is 12.1 Å². The van der Waals surface area contributed by atoms with Gasteiger partial charge < -0.3 is 20.8 Å². The van der Waals surface area contributed by atoms with E-state index in [4.69, 9.17) is 10.6 Å². The highest BCUT2D eigenvalue weighted by Gasteiger charge is 2.52. The van der Waals surface area contributed by atoms with Gasteiger partial charge in [-0.3, -0.25) is 14.4 Å². The Morgan fingerprint density at radius 3 is 2.78 bits per heavy atom. The SMILES string of the molecule is CCC(=O)Nc1cccc(C2=NOC3(C2)CC(C(N)=O)N(C(=O)CC)C3)c1. The fourth-order valence-corrected chi connectivity index (χ4v) is 3.56. The van der Waals surface area contributed by atoms with Crippen molar-refractivity contribution >= 4 is 29.1 Å². The molecule has 8 heteroatoms.